The molecule has 1 aromatic rings. The van der Waals surface area contributed by atoms with Crippen molar-refractivity contribution in [3.05, 3.63) is 29.2 Å². The van der Waals surface area contributed by atoms with Gasteiger partial charge >= 0.3 is 6.09 Å². The third-order valence-corrected chi connectivity index (χ3v) is 3.05. The number of anilines is 1. The van der Waals surface area contributed by atoms with E-state index in [0.717, 1.165) is 25.7 Å². The molecule has 5 heteroatoms. The fraction of sp³-hybridized carbons (Fsp3) is 0.462. The molecule has 1 N–H and O–H groups in total. The maximum absolute atomic E-state index is 11.6. The van der Waals surface area contributed by atoms with Gasteiger partial charge in [0.05, 0.1) is 0 Å². The number of amides is 1. The maximum Gasteiger partial charge on any atom is 0.411 e. The van der Waals surface area contributed by atoms with Crippen LogP contribution in [0.5, 0.6) is 0 Å². The minimum atomic E-state index is -0.436. The van der Waals surface area contributed by atoms with E-state index in [1.807, 2.05) is 0 Å². The molecule has 0 aliphatic heterocycles. The maximum atomic E-state index is 11.6. The van der Waals surface area contributed by atoms with E-state index < -0.39 is 6.09 Å². The van der Waals surface area contributed by atoms with Gasteiger partial charge in [0.2, 0.25) is 0 Å². The lowest BCUT2D eigenvalue weighted by Crippen LogP contribution is -2.24. The van der Waals surface area contributed by atoms with Gasteiger partial charge in [0.25, 0.3) is 0 Å². The second-order valence-electron chi connectivity index (χ2n) is 4.43. The van der Waals surface area contributed by atoms with E-state index >= 15 is 0 Å². The van der Waals surface area contributed by atoms with Crippen molar-refractivity contribution in [3.8, 4) is 0 Å². The van der Waals surface area contributed by atoms with Crippen LogP contribution in [0.4, 0.5) is 16.2 Å². The number of hydrogen-bond donors (Lipinski definition) is 1. The van der Waals surface area contributed by atoms with Crippen molar-refractivity contribution in [2.24, 2.45) is 5.18 Å². The summed E-state index contributed by atoms with van der Waals surface area (Å²) in [5.74, 6) is 0. The Bertz CT molecular complexity index is 411. The van der Waals surface area contributed by atoms with E-state index in [0.29, 0.717) is 11.4 Å². The third-order valence-electron chi connectivity index (χ3n) is 3.05. The fourth-order valence-electron chi connectivity index (χ4n) is 2.09. The van der Waals surface area contributed by atoms with Crippen LogP contribution in [0.3, 0.4) is 0 Å². The summed E-state index contributed by atoms with van der Waals surface area (Å²) in [6, 6.07) is 6.34. The first-order valence-corrected chi connectivity index (χ1v) is 6.19. The number of nitrogens with zero attached hydrogens (tertiary/aromatic N) is 1. The molecule has 0 unspecified atom stereocenters. The van der Waals surface area contributed by atoms with Gasteiger partial charge in [0, 0.05) is 5.69 Å². The molecular weight excluding hydrogens is 232 g/mol. The van der Waals surface area contributed by atoms with Crippen LogP contribution in [0.15, 0.2) is 29.4 Å². The highest BCUT2D eigenvalue weighted by Gasteiger charge is 2.17. The molecule has 1 saturated carbocycles. The summed E-state index contributed by atoms with van der Waals surface area (Å²) < 4.78 is 5.32. The lowest BCUT2D eigenvalue weighted by Gasteiger charge is -2.21. The van der Waals surface area contributed by atoms with Crippen molar-refractivity contribution in [1.82, 2.24) is 0 Å². The molecular formula is C13H16N2O3. The Morgan fingerprint density at radius 2 is 1.83 bits per heavy atom. The average molecular weight is 248 g/mol. The smallest absolute Gasteiger partial charge is 0.411 e. The quantitative estimate of drug-likeness (QED) is 0.823. The SMILES string of the molecule is O=Nc1ccc(NC(=O)OC2CCCCC2)cc1. The third kappa shape index (κ3) is 3.55. The molecule has 0 saturated heterocycles. The lowest BCUT2D eigenvalue weighted by atomic mass is 9.98. The molecule has 0 bridgehead atoms. The molecule has 1 aromatic carbocycles. The van der Waals surface area contributed by atoms with E-state index in [1.54, 1.807) is 24.3 Å². The Kier molecular flexibility index (Phi) is 4.28. The molecule has 0 radical (unpaired) electrons. The van der Waals surface area contributed by atoms with Gasteiger partial charge in [-0.05, 0) is 55.1 Å². The molecule has 1 amide bonds. The molecule has 18 heavy (non-hydrogen) atoms. The summed E-state index contributed by atoms with van der Waals surface area (Å²) in [4.78, 5) is 21.9. The van der Waals surface area contributed by atoms with Crippen molar-refractivity contribution in [2.75, 3.05) is 5.32 Å². The summed E-state index contributed by atoms with van der Waals surface area (Å²) in [6.45, 7) is 0. The molecule has 0 aromatic heterocycles. The van der Waals surface area contributed by atoms with Gasteiger partial charge in [-0.2, -0.15) is 0 Å². The number of nitroso groups, excluding NO2 is 1. The molecule has 1 aliphatic carbocycles. The summed E-state index contributed by atoms with van der Waals surface area (Å²) >= 11 is 0. The Morgan fingerprint density at radius 3 is 2.44 bits per heavy atom. The number of hydrogen-bond acceptors (Lipinski definition) is 4. The highest BCUT2D eigenvalue weighted by atomic mass is 16.6. The van der Waals surface area contributed by atoms with Gasteiger partial charge in [-0.1, -0.05) is 6.42 Å². The zero-order chi connectivity index (χ0) is 12.8. The molecule has 2 rings (SSSR count). The second kappa shape index (κ2) is 6.14. The Morgan fingerprint density at radius 1 is 1.17 bits per heavy atom. The summed E-state index contributed by atoms with van der Waals surface area (Å²) in [5, 5.41) is 5.43. The first-order chi connectivity index (χ1) is 8.78. The van der Waals surface area contributed by atoms with Crippen LogP contribution in [-0.4, -0.2) is 12.2 Å². The standard InChI is InChI=1S/C13H16N2O3/c16-13(18-12-4-2-1-3-5-12)14-10-6-8-11(15-17)9-7-10/h6-9,12H,1-5H2,(H,14,16). The average Bonchev–Trinajstić information content (AvgIpc) is 2.40. The Hall–Kier alpha value is -1.91. The van der Waals surface area contributed by atoms with Gasteiger partial charge in [-0.15, -0.1) is 4.91 Å². The highest BCUT2D eigenvalue weighted by Crippen LogP contribution is 2.21. The van der Waals surface area contributed by atoms with Crippen LogP contribution in [0.25, 0.3) is 0 Å². The number of rotatable bonds is 3. The molecule has 0 atom stereocenters. The number of ether oxygens (including phenoxy) is 1. The van der Waals surface area contributed by atoms with Crippen LogP contribution in [0.2, 0.25) is 0 Å². The first kappa shape index (κ1) is 12.5. The lowest BCUT2D eigenvalue weighted by molar-refractivity contribution is 0.0865. The van der Waals surface area contributed by atoms with Crippen LogP contribution < -0.4 is 5.32 Å². The number of nitrogens with one attached hydrogen (secondary N) is 1. The van der Waals surface area contributed by atoms with Crippen molar-refractivity contribution in [1.29, 1.82) is 0 Å². The highest BCUT2D eigenvalue weighted by molar-refractivity contribution is 5.84. The van der Waals surface area contributed by atoms with Crippen molar-refractivity contribution in [2.45, 2.75) is 38.2 Å². The van der Waals surface area contributed by atoms with Gasteiger partial charge < -0.3 is 4.74 Å². The summed E-state index contributed by atoms with van der Waals surface area (Å²) in [5.41, 5.74) is 0.935. The van der Waals surface area contributed by atoms with E-state index in [9.17, 15) is 9.70 Å². The Balaban J connectivity index is 1.83. The molecule has 1 fully saturated rings. The van der Waals surface area contributed by atoms with Crippen LogP contribution in [-0.2, 0) is 4.74 Å². The monoisotopic (exact) mass is 248 g/mol. The van der Waals surface area contributed by atoms with Crippen LogP contribution in [0, 0.1) is 4.91 Å². The zero-order valence-corrected chi connectivity index (χ0v) is 10.1. The molecule has 0 spiro atoms. The fourth-order valence-corrected chi connectivity index (χ4v) is 2.09. The van der Waals surface area contributed by atoms with E-state index in [2.05, 4.69) is 10.5 Å². The van der Waals surface area contributed by atoms with Crippen molar-refractivity contribution >= 4 is 17.5 Å². The normalized spacial score (nSPS) is 16.0. The summed E-state index contributed by atoms with van der Waals surface area (Å²) in [6.07, 6.45) is 4.96. The number of benzene rings is 1. The molecule has 5 nitrogen and oxygen atoms in total. The van der Waals surface area contributed by atoms with E-state index in [1.165, 1.54) is 6.42 Å². The van der Waals surface area contributed by atoms with Gasteiger partial charge in [-0.3, -0.25) is 5.32 Å². The topological polar surface area (TPSA) is 67.8 Å². The van der Waals surface area contributed by atoms with Crippen LogP contribution >= 0.6 is 0 Å². The number of carbonyl (C=O) groups is 1. The van der Waals surface area contributed by atoms with Gasteiger partial charge in [0.1, 0.15) is 11.8 Å². The van der Waals surface area contributed by atoms with Crippen LogP contribution in [0.1, 0.15) is 32.1 Å². The van der Waals surface area contributed by atoms with Gasteiger partial charge in [-0.25, -0.2) is 4.79 Å². The number of carbonyl (C=O) groups excluding carboxylic acids is 1. The molecule has 96 valence electrons. The predicted octanol–water partition coefficient (Wildman–Crippen LogP) is 3.97. The predicted molar refractivity (Wildman–Crippen MR) is 68.9 cm³/mol. The first-order valence-electron chi connectivity index (χ1n) is 6.19. The zero-order valence-electron chi connectivity index (χ0n) is 10.1. The largest absolute Gasteiger partial charge is 0.446 e. The van der Waals surface area contributed by atoms with E-state index in [-0.39, 0.29) is 6.10 Å². The minimum Gasteiger partial charge on any atom is -0.446 e. The van der Waals surface area contributed by atoms with Gasteiger partial charge in [0.15, 0.2) is 0 Å². The van der Waals surface area contributed by atoms with Crippen molar-refractivity contribution in [3.63, 3.8) is 0 Å². The second-order valence-corrected chi connectivity index (χ2v) is 4.43. The Labute approximate surface area is 105 Å². The van der Waals surface area contributed by atoms with Crippen molar-refractivity contribution < 1.29 is 9.53 Å². The minimum absolute atomic E-state index is 0.0367. The molecule has 0 heterocycles. The summed E-state index contributed by atoms with van der Waals surface area (Å²) in [7, 11) is 0. The molecule has 1 aliphatic rings. The van der Waals surface area contributed by atoms with E-state index in [4.69, 9.17) is 4.74 Å².